The number of rotatable bonds is 8. The van der Waals surface area contributed by atoms with E-state index in [1.54, 1.807) is 43.3 Å². The molecule has 1 unspecified atom stereocenters. The standard InChI is InChI=1S/C20H23ClN2O5/c1-12-10-17(18(27-3)11-15(12)21)23-19(25)13(2)28-20(26)14-6-4-5-7-16(14)22-8-9-24/h4-7,10-11,13,22,24H,8-9H2,1-3H3,(H,23,25). The molecular weight excluding hydrogens is 384 g/mol. The molecule has 0 radical (unpaired) electrons. The topological polar surface area (TPSA) is 96.9 Å². The Labute approximate surface area is 168 Å². The predicted octanol–water partition coefficient (Wildman–Crippen LogP) is 3.25. The van der Waals surface area contributed by atoms with Gasteiger partial charge in [0.2, 0.25) is 0 Å². The first-order chi connectivity index (χ1) is 13.4. The molecular formula is C20H23ClN2O5. The summed E-state index contributed by atoms with van der Waals surface area (Å²) in [5.74, 6) is -0.752. The van der Waals surface area contributed by atoms with Gasteiger partial charge in [-0.2, -0.15) is 0 Å². The van der Waals surface area contributed by atoms with Crippen molar-refractivity contribution in [2.45, 2.75) is 20.0 Å². The van der Waals surface area contributed by atoms with E-state index in [2.05, 4.69) is 10.6 Å². The number of methoxy groups -OCH3 is 1. The number of hydrogen-bond acceptors (Lipinski definition) is 6. The van der Waals surface area contributed by atoms with Crippen LogP contribution in [0.25, 0.3) is 0 Å². The number of aliphatic hydroxyl groups excluding tert-OH is 1. The largest absolute Gasteiger partial charge is 0.495 e. The van der Waals surface area contributed by atoms with Crippen LogP contribution in [0.1, 0.15) is 22.8 Å². The Kier molecular flexibility index (Phi) is 7.66. The van der Waals surface area contributed by atoms with Crippen molar-refractivity contribution in [3.8, 4) is 5.75 Å². The van der Waals surface area contributed by atoms with Crippen LogP contribution in [0.2, 0.25) is 5.02 Å². The van der Waals surface area contributed by atoms with Gasteiger partial charge in [0.25, 0.3) is 5.91 Å². The first kappa shape index (κ1) is 21.5. The van der Waals surface area contributed by atoms with E-state index in [1.165, 1.54) is 14.0 Å². The van der Waals surface area contributed by atoms with Crippen molar-refractivity contribution in [3.63, 3.8) is 0 Å². The molecule has 2 aromatic rings. The third-order valence-corrected chi connectivity index (χ3v) is 4.37. The summed E-state index contributed by atoms with van der Waals surface area (Å²) in [7, 11) is 1.47. The zero-order valence-electron chi connectivity index (χ0n) is 15.9. The molecule has 0 bridgehead atoms. The van der Waals surface area contributed by atoms with Crippen molar-refractivity contribution in [2.24, 2.45) is 0 Å². The highest BCUT2D eigenvalue weighted by atomic mass is 35.5. The molecule has 0 aliphatic carbocycles. The van der Waals surface area contributed by atoms with Crippen molar-refractivity contribution >= 4 is 34.9 Å². The molecule has 1 amide bonds. The number of halogens is 1. The zero-order valence-corrected chi connectivity index (χ0v) is 16.7. The first-order valence-electron chi connectivity index (χ1n) is 8.67. The summed E-state index contributed by atoms with van der Waals surface area (Å²) in [6, 6.07) is 10.00. The number of aliphatic hydroxyl groups is 1. The van der Waals surface area contributed by atoms with Crippen molar-refractivity contribution in [1.29, 1.82) is 0 Å². The lowest BCUT2D eigenvalue weighted by Crippen LogP contribution is -2.30. The Morgan fingerprint density at radius 3 is 2.61 bits per heavy atom. The molecule has 3 N–H and O–H groups in total. The van der Waals surface area contributed by atoms with Crippen LogP contribution in [0, 0.1) is 6.92 Å². The summed E-state index contributed by atoms with van der Waals surface area (Å²) in [6.07, 6.45) is -1.04. The Hall–Kier alpha value is -2.77. The molecule has 0 aromatic heterocycles. The number of esters is 1. The van der Waals surface area contributed by atoms with Gasteiger partial charge in [-0.05, 0) is 37.6 Å². The van der Waals surface area contributed by atoms with E-state index < -0.39 is 18.0 Å². The van der Waals surface area contributed by atoms with Gasteiger partial charge in [-0.15, -0.1) is 0 Å². The molecule has 0 saturated carbocycles. The third-order valence-electron chi connectivity index (χ3n) is 3.97. The van der Waals surface area contributed by atoms with Gasteiger partial charge in [0.1, 0.15) is 5.75 Å². The fourth-order valence-corrected chi connectivity index (χ4v) is 2.60. The molecule has 8 heteroatoms. The maximum absolute atomic E-state index is 12.5. The van der Waals surface area contributed by atoms with E-state index in [9.17, 15) is 9.59 Å². The molecule has 150 valence electrons. The summed E-state index contributed by atoms with van der Waals surface area (Å²) in [5.41, 5.74) is 1.99. The summed E-state index contributed by atoms with van der Waals surface area (Å²) in [5, 5.41) is 15.1. The van der Waals surface area contributed by atoms with E-state index in [4.69, 9.17) is 26.2 Å². The maximum atomic E-state index is 12.5. The van der Waals surface area contributed by atoms with Crippen LogP contribution in [-0.4, -0.2) is 43.3 Å². The fourth-order valence-electron chi connectivity index (χ4n) is 2.45. The second kappa shape index (κ2) is 9.96. The Morgan fingerprint density at radius 2 is 1.93 bits per heavy atom. The summed E-state index contributed by atoms with van der Waals surface area (Å²) in [4.78, 5) is 24.9. The molecule has 2 rings (SSSR count). The quantitative estimate of drug-likeness (QED) is 0.582. The number of ether oxygens (including phenoxy) is 2. The van der Waals surface area contributed by atoms with Gasteiger partial charge < -0.3 is 25.2 Å². The van der Waals surface area contributed by atoms with Gasteiger partial charge in [0.15, 0.2) is 6.10 Å². The minimum absolute atomic E-state index is 0.0788. The predicted molar refractivity (Wildman–Crippen MR) is 108 cm³/mol. The van der Waals surface area contributed by atoms with Gasteiger partial charge in [-0.1, -0.05) is 23.7 Å². The lowest BCUT2D eigenvalue weighted by molar-refractivity contribution is -0.123. The molecule has 1 atom stereocenters. The minimum Gasteiger partial charge on any atom is -0.495 e. The molecule has 0 heterocycles. The van der Waals surface area contributed by atoms with Crippen molar-refractivity contribution in [3.05, 3.63) is 52.5 Å². The lowest BCUT2D eigenvalue weighted by atomic mass is 10.1. The molecule has 0 aliphatic heterocycles. The zero-order chi connectivity index (χ0) is 20.7. The highest BCUT2D eigenvalue weighted by Gasteiger charge is 2.22. The smallest absolute Gasteiger partial charge is 0.341 e. The van der Waals surface area contributed by atoms with Gasteiger partial charge in [0, 0.05) is 23.3 Å². The van der Waals surface area contributed by atoms with Crippen molar-refractivity contribution in [2.75, 3.05) is 30.9 Å². The van der Waals surface area contributed by atoms with E-state index >= 15 is 0 Å². The number of nitrogens with one attached hydrogen (secondary N) is 2. The molecule has 0 fully saturated rings. The van der Waals surface area contributed by atoms with Gasteiger partial charge in [0.05, 0.1) is 25.0 Å². The number of benzene rings is 2. The summed E-state index contributed by atoms with van der Waals surface area (Å²) < 4.78 is 10.5. The van der Waals surface area contributed by atoms with Gasteiger partial charge in [-0.25, -0.2) is 4.79 Å². The van der Waals surface area contributed by atoms with Crippen LogP contribution in [0.5, 0.6) is 5.75 Å². The summed E-state index contributed by atoms with van der Waals surface area (Å²) in [6.45, 7) is 3.49. The maximum Gasteiger partial charge on any atom is 0.341 e. The van der Waals surface area contributed by atoms with E-state index in [-0.39, 0.29) is 18.7 Å². The van der Waals surface area contributed by atoms with Gasteiger partial charge >= 0.3 is 5.97 Å². The number of carbonyl (C=O) groups excluding carboxylic acids is 2. The van der Waals surface area contributed by atoms with Crippen molar-refractivity contribution < 1.29 is 24.2 Å². The molecule has 2 aromatic carbocycles. The second-order valence-electron chi connectivity index (χ2n) is 6.03. The number of carbonyl (C=O) groups is 2. The normalized spacial score (nSPS) is 11.5. The Morgan fingerprint density at radius 1 is 1.21 bits per heavy atom. The molecule has 7 nitrogen and oxygen atoms in total. The van der Waals surface area contributed by atoms with Gasteiger partial charge in [-0.3, -0.25) is 4.79 Å². The van der Waals surface area contributed by atoms with E-state index in [1.807, 2.05) is 0 Å². The van der Waals surface area contributed by atoms with Crippen LogP contribution in [0.15, 0.2) is 36.4 Å². The monoisotopic (exact) mass is 406 g/mol. The van der Waals surface area contributed by atoms with E-state index in [0.717, 1.165) is 5.56 Å². The number of amides is 1. The van der Waals surface area contributed by atoms with Crippen LogP contribution in [-0.2, 0) is 9.53 Å². The second-order valence-corrected chi connectivity index (χ2v) is 6.44. The molecule has 0 spiro atoms. The molecule has 28 heavy (non-hydrogen) atoms. The average Bonchev–Trinajstić information content (AvgIpc) is 2.68. The summed E-state index contributed by atoms with van der Waals surface area (Å²) >= 11 is 6.07. The highest BCUT2D eigenvalue weighted by molar-refractivity contribution is 6.31. The lowest BCUT2D eigenvalue weighted by Gasteiger charge is -2.17. The number of hydrogen-bond donors (Lipinski definition) is 3. The number of para-hydroxylation sites is 1. The molecule has 0 aliphatic rings. The Bertz CT molecular complexity index is 856. The van der Waals surface area contributed by atoms with Crippen LogP contribution in [0.4, 0.5) is 11.4 Å². The minimum atomic E-state index is -1.04. The highest BCUT2D eigenvalue weighted by Crippen LogP contribution is 2.31. The fraction of sp³-hybridized carbons (Fsp3) is 0.300. The van der Waals surface area contributed by atoms with Crippen LogP contribution < -0.4 is 15.4 Å². The van der Waals surface area contributed by atoms with Crippen LogP contribution >= 0.6 is 11.6 Å². The SMILES string of the molecule is COc1cc(Cl)c(C)cc1NC(=O)C(C)OC(=O)c1ccccc1NCCO. The molecule has 0 saturated heterocycles. The first-order valence-corrected chi connectivity index (χ1v) is 9.05. The number of anilines is 2. The van der Waals surface area contributed by atoms with Crippen LogP contribution in [0.3, 0.4) is 0 Å². The van der Waals surface area contributed by atoms with E-state index in [0.29, 0.717) is 22.1 Å². The third kappa shape index (κ3) is 5.37. The Balaban J connectivity index is 2.09. The average molecular weight is 407 g/mol. The number of aryl methyl sites for hydroxylation is 1. The van der Waals surface area contributed by atoms with Crippen molar-refractivity contribution in [1.82, 2.24) is 0 Å².